The van der Waals surface area contributed by atoms with E-state index in [9.17, 15) is 9.65 Å². The zero-order valence-electron chi connectivity index (χ0n) is 8.94. The molecule has 0 spiro atoms. The van der Waals surface area contributed by atoms with E-state index in [-0.39, 0.29) is 15.7 Å². The number of hydrogen-bond acceptors (Lipinski definition) is 3. The van der Waals surface area contributed by atoms with E-state index in [1.165, 1.54) is 30.3 Å². The highest BCUT2D eigenvalue weighted by molar-refractivity contribution is 6.31. The molecule has 0 fully saturated rings. The molecule has 1 aromatic heterocycles. The van der Waals surface area contributed by atoms with Gasteiger partial charge in [-0.3, -0.25) is 0 Å². The maximum Gasteiger partial charge on any atom is 0.151 e. The second kappa shape index (κ2) is 5.30. The van der Waals surface area contributed by atoms with Crippen molar-refractivity contribution in [1.29, 1.82) is 5.26 Å². The van der Waals surface area contributed by atoms with Crippen molar-refractivity contribution >= 4 is 23.2 Å². The minimum Gasteiger partial charge on any atom is -0.207 e. The van der Waals surface area contributed by atoms with E-state index in [0.29, 0.717) is 5.69 Å². The van der Waals surface area contributed by atoms with Crippen molar-refractivity contribution in [2.75, 3.05) is 0 Å². The number of hydrogen-bond donors (Lipinski definition) is 0. The number of nitriles is 1. The zero-order chi connectivity index (χ0) is 13.1. The molecule has 2 rings (SSSR count). The summed E-state index contributed by atoms with van der Waals surface area (Å²) in [6, 6.07) is 9.22. The van der Waals surface area contributed by atoms with E-state index in [2.05, 4.69) is 10.2 Å². The molecular weight excluding hydrogens is 276 g/mol. The summed E-state index contributed by atoms with van der Waals surface area (Å²) in [4.78, 5) is 0. The van der Waals surface area contributed by atoms with Crippen LogP contribution in [0.15, 0.2) is 30.3 Å². The van der Waals surface area contributed by atoms with Gasteiger partial charge in [-0.15, -0.1) is 5.10 Å². The molecule has 0 aliphatic carbocycles. The molecule has 1 atom stereocenters. The van der Waals surface area contributed by atoms with Crippen LogP contribution < -0.4 is 0 Å². The largest absolute Gasteiger partial charge is 0.207 e. The molecule has 90 valence electrons. The molecule has 0 radical (unpaired) electrons. The van der Waals surface area contributed by atoms with Gasteiger partial charge >= 0.3 is 0 Å². The first-order chi connectivity index (χ1) is 8.63. The van der Waals surface area contributed by atoms with Crippen molar-refractivity contribution < 1.29 is 4.39 Å². The minimum absolute atomic E-state index is 0.0956. The molecule has 0 bridgehead atoms. The summed E-state index contributed by atoms with van der Waals surface area (Å²) >= 11 is 11.5. The summed E-state index contributed by atoms with van der Waals surface area (Å²) < 4.78 is 13.7. The molecule has 18 heavy (non-hydrogen) atoms. The van der Waals surface area contributed by atoms with Gasteiger partial charge in [0, 0.05) is 10.6 Å². The Morgan fingerprint density at radius 3 is 2.50 bits per heavy atom. The van der Waals surface area contributed by atoms with E-state index >= 15 is 0 Å². The van der Waals surface area contributed by atoms with Gasteiger partial charge in [-0.05, 0) is 24.3 Å². The highest BCUT2D eigenvalue weighted by Crippen LogP contribution is 2.30. The van der Waals surface area contributed by atoms with Crippen LogP contribution in [0.4, 0.5) is 4.39 Å². The molecule has 1 aromatic carbocycles. The lowest BCUT2D eigenvalue weighted by molar-refractivity contribution is 0.607. The number of nitrogens with zero attached hydrogens (tertiary/aromatic N) is 3. The van der Waals surface area contributed by atoms with Gasteiger partial charge < -0.3 is 0 Å². The highest BCUT2D eigenvalue weighted by Gasteiger charge is 2.22. The maximum absolute atomic E-state index is 13.7. The average Bonchev–Trinajstić information content (AvgIpc) is 2.35. The van der Waals surface area contributed by atoms with Gasteiger partial charge in [0.05, 0.1) is 11.8 Å². The molecule has 2 aromatic rings. The first-order valence-electron chi connectivity index (χ1n) is 4.96. The number of halogens is 3. The predicted molar refractivity (Wildman–Crippen MR) is 65.9 cm³/mol. The minimum atomic E-state index is -0.913. The van der Waals surface area contributed by atoms with Gasteiger partial charge in [-0.1, -0.05) is 29.3 Å². The summed E-state index contributed by atoms with van der Waals surface area (Å²) in [6.45, 7) is 0. The number of benzene rings is 1. The van der Waals surface area contributed by atoms with Crippen LogP contribution in [-0.4, -0.2) is 10.2 Å². The standard InChI is InChI=1S/C12H6Cl2FN3/c13-8-2-1-3-9(15)12(8)7(6-16)10-4-5-11(14)18-17-10/h1-5,7H/t7-/m0/s1. The van der Waals surface area contributed by atoms with Crippen LogP contribution in [0.3, 0.4) is 0 Å². The fourth-order valence-electron chi connectivity index (χ4n) is 1.55. The molecular formula is C12H6Cl2FN3. The highest BCUT2D eigenvalue weighted by atomic mass is 35.5. The molecule has 1 heterocycles. The molecule has 0 aliphatic heterocycles. The Morgan fingerprint density at radius 1 is 1.17 bits per heavy atom. The lowest BCUT2D eigenvalue weighted by Gasteiger charge is -2.11. The van der Waals surface area contributed by atoms with Crippen LogP contribution in [0.1, 0.15) is 17.2 Å². The van der Waals surface area contributed by atoms with Gasteiger partial charge in [0.1, 0.15) is 11.7 Å². The predicted octanol–water partition coefficient (Wildman–Crippen LogP) is 3.58. The Hall–Kier alpha value is -1.70. The van der Waals surface area contributed by atoms with Crippen LogP contribution in [0, 0.1) is 17.1 Å². The summed E-state index contributed by atoms with van der Waals surface area (Å²) in [5.74, 6) is -1.46. The number of aromatic nitrogens is 2. The van der Waals surface area contributed by atoms with Crippen molar-refractivity contribution in [3.05, 3.63) is 57.6 Å². The third-order valence-electron chi connectivity index (χ3n) is 2.37. The van der Waals surface area contributed by atoms with Gasteiger partial charge in [0.15, 0.2) is 5.15 Å². The SMILES string of the molecule is N#C[C@@H](c1ccc(Cl)nn1)c1c(F)cccc1Cl. The van der Waals surface area contributed by atoms with E-state index < -0.39 is 11.7 Å². The van der Waals surface area contributed by atoms with E-state index in [4.69, 9.17) is 23.2 Å². The van der Waals surface area contributed by atoms with Crippen LogP contribution in [-0.2, 0) is 0 Å². The lowest BCUT2D eigenvalue weighted by atomic mass is 9.96. The smallest absolute Gasteiger partial charge is 0.151 e. The quantitative estimate of drug-likeness (QED) is 0.845. The second-order valence-electron chi connectivity index (χ2n) is 3.48. The monoisotopic (exact) mass is 281 g/mol. The molecule has 0 saturated carbocycles. The summed E-state index contributed by atoms with van der Waals surface area (Å²) in [7, 11) is 0. The van der Waals surface area contributed by atoms with Crippen LogP contribution in [0.5, 0.6) is 0 Å². The van der Waals surface area contributed by atoms with E-state index in [1.54, 1.807) is 0 Å². The van der Waals surface area contributed by atoms with Crippen molar-refractivity contribution in [3.63, 3.8) is 0 Å². The zero-order valence-corrected chi connectivity index (χ0v) is 10.5. The first kappa shape index (κ1) is 12.7. The maximum atomic E-state index is 13.7. The Labute approximate surface area is 113 Å². The fourth-order valence-corrected chi connectivity index (χ4v) is 1.92. The summed E-state index contributed by atoms with van der Waals surface area (Å²) in [5, 5.41) is 17.0. The van der Waals surface area contributed by atoms with Crippen LogP contribution >= 0.6 is 23.2 Å². The fraction of sp³-hybridized carbons (Fsp3) is 0.0833. The molecule has 0 aliphatic rings. The van der Waals surface area contributed by atoms with Gasteiger partial charge in [-0.2, -0.15) is 10.4 Å². The van der Waals surface area contributed by atoms with E-state index in [1.807, 2.05) is 6.07 Å². The van der Waals surface area contributed by atoms with Crippen LogP contribution in [0.2, 0.25) is 10.2 Å². The van der Waals surface area contributed by atoms with Crippen molar-refractivity contribution in [2.45, 2.75) is 5.92 Å². The summed E-state index contributed by atoms with van der Waals surface area (Å²) in [6.07, 6.45) is 0. The third-order valence-corrected chi connectivity index (χ3v) is 2.90. The van der Waals surface area contributed by atoms with Gasteiger partial charge in [0.2, 0.25) is 0 Å². The Kier molecular flexibility index (Phi) is 3.75. The first-order valence-corrected chi connectivity index (χ1v) is 5.71. The topological polar surface area (TPSA) is 49.6 Å². The van der Waals surface area contributed by atoms with Crippen molar-refractivity contribution in [2.24, 2.45) is 0 Å². The molecule has 0 N–H and O–H groups in total. The molecule has 0 unspecified atom stereocenters. The summed E-state index contributed by atoms with van der Waals surface area (Å²) in [5.41, 5.74) is 0.396. The molecule has 0 saturated heterocycles. The normalized spacial score (nSPS) is 11.9. The Balaban J connectivity index is 2.53. The number of rotatable bonds is 2. The second-order valence-corrected chi connectivity index (χ2v) is 4.27. The van der Waals surface area contributed by atoms with Gasteiger partial charge in [-0.25, -0.2) is 4.39 Å². The Morgan fingerprint density at radius 2 is 1.94 bits per heavy atom. The molecule has 0 amide bonds. The van der Waals surface area contributed by atoms with Crippen LogP contribution in [0.25, 0.3) is 0 Å². The molecule has 3 nitrogen and oxygen atoms in total. The lowest BCUT2D eigenvalue weighted by Crippen LogP contribution is -2.05. The average molecular weight is 282 g/mol. The Bertz CT molecular complexity index is 587. The molecule has 6 heteroatoms. The van der Waals surface area contributed by atoms with E-state index in [0.717, 1.165) is 0 Å². The third kappa shape index (κ3) is 2.42. The van der Waals surface area contributed by atoms with Crippen molar-refractivity contribution in [3.8, 4) is 6.07 Å². The van der Waals surface area contributed by atoms with Gasteiger partial charge in [0.25, 0.3) is 0 Å². The van der Waals surface area contributed by atoms with Crippen molar-refractivity contribution in [1.82, 2.24) is 10.2 Å².